The second kappa shape index (κ2) is 3.84. The van der Waals surface area contributed by atoms with Crippen molar-refractivity contribution in [1.29, 1.82) is 0 Å². The maximum Gasteiger partial charge on any atom is 0.164 e. The third kappa shape index (κ3) is 1.66. The van der Waals surface area contributed by atoms with Crippen LogP contribution < -0.4 is 0 Å². The number of Topliss-reactive ketones (excluding diaryl/α,β-unsaturated/α-hetero) is 1. The van der Waals surface area contributed by atoms with Crippen molar-refractivity contribution in [2.45, 2.75) is 6.42 Å². The minimum absolute atomic E-state index is 0.0540. The third-order valence-corrected chi connectivity index (χ3v) is 2.29. The Kier molecular flexibility index (Phi) is 2.55. The first-order valence-electron chi connectivity index (χ1n) is 4.37. The molecule has 0 unspecified atom stereocenters. The molecule has 0 saturated carbocycles. The average Bonchev–Trinajstić information content (AvgIpc) is 2.64. The van der Waals surface area contributed by atoms with E-state index in [1.165, 1.54) is 0 Å². The van der Waals surface area contributed by atoms with E-state index in [0.29, 0.717) is 17.9 Å². The van der Waals surface area contributed by atoms with Crippen LogP contribution in [0.1, 0.15) is 16.8 Å². The first-order chi connectivity index (χ1) is 6.81. The molecule has 72 valence electrons. The second-order valence-corrected chi connectivity index (χ2v) is 3.41. The first-order valence-corrected chi connectivity index (χ1v) is 4.91. The molecule has 3 heteroatoms. The summed E-state index contributed by atoms with van der Waals surface area (Å²) in [6, 6.07) is 7.29. The summed E-state index contributed by atoms with van der Waals surface area (Å²) < 4.78 is 5.20. The summed E-state index contributed by atoms with van der Waals surface area (Å²) in [7, 11) is 0. The molecule has 14 heavy (non-hydrogen) atoms. The van der Waals surface area contributed by atoms with Crippen molar-refractivity contribution in [2.24, 2.45) is 0 Å². The standard InChI is InChI=1S/C11H9ClO2/c12-5-3-10(13)9-2-1-8-4-6-14-11(8)7-9/h1-2,4,6-7H,3,5H2. The minimum Gasteiger partial charge on any atom is -0.464 e. The van der Waals surface area contributed by atoms with Crippen LogP contribution in [0.5, 0.6) is 0 Å². The van der Waals surface area contributed by atoms with Crippen molar-refractivity contribution in [3.63, 3.8) is 0 Å². The molecule has 2 rings (SSSR count). The van der Waals surface area contributed by atoms with Crippen LogP contribution in [0.3, 0.4) is 0 Å². The number of hydrogen-bond donors (Lipinski definition) is 0. The van der Waals surface area contributed by atoms with Gasteiger partial charge in [0.05, 0.1) is 6.26 Å². The molecule has 1 aromatic carbocycles. The van der Waals surface area contributed by atoms with Crippen molar-refractivity contribution in [1.82, 2.24) is 0 Å². The van der Waals surface area contributed by atoms with Gasteiger partial charge in [0.2, 0.25) is 0 Å². The van der Waals surface area contributed by atoms with E-state index in [9.17, 15) is 4.79 Å². The number of hydrogen-bond acceptors (Lipinski definition) is 2. The van der Waals surface area contributed by atoms with E-state index < -0.39 is 0 Å². The van der Waals surface area contributed by atoms with Gasteiger partial charge >= 0.3 is 0 Å². The molecule has 0 atom stereocenters. The Hall–Kier alpha value is -1.28. The number of benzene rings is 1. The zero-order valence-corrected chi connectivity index (χ0v) is 8.25. The van der Waals surface area contributed by atoms with Crippen molar-refractivity contribution in [2.75, 3.05) is 5.88 Å². The zero-order valence-electron chi connectivity index (χ0n) is 7.50. The molecule has 0 aliphatic heterocycles. The zero-order chi connectivity index (χ0) is 9.97. The molecule has 2 nitrogen and oxygen atoms in total. The molecule has 0 bridgehead atoms. The summed E-state index contributed by atoms with van der Waals surface area (Å²) in [6.07, 6.45) is 1.98. The second-order valence-electron chi connectivity index (χ2n) is 3.04. The van der Waals surface area contributed by atoms with E-state index in [1.807, 2.05) is 12.1 Å². The highest BCUT2D eigenvalue weighted by Crippen LogP contribution is 2.17. The lowest BCUT2D eigenvalue weighted by molar-refractivity contribution is 0.0989. The molecular weight excluding hydrogens is 200 g/mol. The van der Waals surface area contributed by atoms with Gasteiger partial charge in [0.25, 0.3) is 0 Å². The van der Waals surface area contributed by atoms with E-state index in [4.69, 9.17) is 16.0 Å². The largest absolute Gasteiger partial charge is 0.464 e. The maximum atomic E-state index is 11.5. The lowest BCUT2D eigenvalue weighted by Crippen LogP contribution is -1.98. The fraction of sp³-hybridized carbons (Fsp3) is 0.182. The van der Waals surface area contributed by atoms with Crippen LogP contribution in [0.15, 0.2) is 34.9 Å². The van der Waals surface area contributed by atoms with Crippen LogP contribution in [0.4, 0.5) is 0 Å². The molecule has 1 heterocycles. The molecular formula is C11H9ClO2. The van der Waals surface area contributed by atoms with Gasteiger partial charge in [0, 0.05) is 23.3 Å². The van der Waals surface area contributed by atoms with Gasteiger partial charge in [0.1, 0.15) is 5.58 Å². The summed E-state index contributed by atoms with van der Waals surface area (Å²) in [5.41, 5.74) is 1.40. The fourth-order valence-electron chi connectivity index (χ4n) is 1.36. The highest BCUT2D eigenvalue weighted by molar-refractivity contribution is 6.19. The Labute approximate surface area is 86.5 Å². The Morgan fingerprint density at radius 3 is 3.00 bits per heavy atom. The van der Waals surface area contributed by atoms with E-state index in [0.717, 1.165) is 11.0 Å². The number of halogens is 1. The van der Waals surface area contributed by atoms with Crippen LogP contribution >= 0.6 is 11.6 Å². The topological polar surface area (TPSA) is 30.2 Å². The summed E-state index contributed by atoms with van der Waals surface area (Å²) in [4.78, 5) is 11.5. The van der Waals surface area contributed by atoms with Gasteiger partial charge in [-0.1, -0.05) is 12.1 Å². The van der Waals surface area contributed by atoms with Crippen LogP contribution in [0, 0.1) is 0 Å². The van der Waals surface area contributed by atoms with Crippen LogP contribution in [-0.2, 0) is 0 Å². The van der Waals surface area contributed by atoms with E-state index >= 15 is 0 Å². The van der Waals surface area contributed by atoms with Gasteiger partial charge in [0.15, 0.2) is 5.78 Å². The molecule has 0 aliphatic carbocycles. The van der Waals surface area contributed by atoms with Crippen LogP contribution in [-0.4, -0.2) is 11.7 Å². The number of furan rings is 1. The first kappa shape index (κ1) is 9.28. The Bertz CT molecular complexity index is 459. The summed E-state index contributed by atoms with van der Waals surface area (Å²) in [6.45, 7) is 0. The van der Waals surface area contributed by atoms with Crippen molar-refractivity contribution in [3.05, 3.63) is 36.1 Å². The number of carbonyl (C=O) groups is 1. The van der Waals surface area contributed by atoms with Crippen LogP contribution in [0.2, 0.25) is 0 Å². The van der Waals surface area contributed by atoms with Crippen molar-refractivity contribution >= 4 is 28.4 Å². The monoisotopic (exact) mass is 208 g/mol. The smallest absolute Gasteiger partial charge is 0.164 e. The van der Waals surface area contributed by atoms with Gasteiger partial charge in [-0.25, -0.2) is 0 Å². The third-order valence-electron chi connectivity index (χ3n) is 2.10. The number of alkyl halides is 1. The highest BCUT2D eigenvalue weighted by Gasteiger charge is 2.06. The molecule has 0 spiro atoms. The van der Waals surface area contributed by atoms with Gasteiger partial charge in [-0.15, -0.1) is 11.6 Å². The molecule has 0 fully saturated rings. The van der Waals surface area contributed by atoms with Gasteiger partial charge < -0.3 is 4.42 Å². The SMILES string of the molecule is O=C(CCCl)c1ccc2ccoc2c1. The van der Waals surface area contributed by atoms with Crippen molar-refractivity contribution in [3.8, 4) is 0 Å². The quantitative estimate of drug-likeness (QED) is 0.573. The molecule has 0 N–H and O–H groups in total. The summed E-state index contributed by atoms with van der Waals surface area (Å²) >= 11 is 5.50. The lowest BCUT2D eigenvalue weighted by atomic mass is 10.1. The van der Waals surface area contributed by atoms with Gasteiger partial charge in [-0.2, -0.15) is 0 Å². The fourth-order valence-corrected chi connectivity index (χ4v) is 1.53. The summed E-state index contributed by atoms with van der Waals surface area (Å²) in [5.74, 6) is 0.410. The maximum absolute atomic E-state index is 11.5. The highest BCUT2D eigenvalue weighted by atomic mass is 35.5. The molecule has 0 saturated heterocycles. The van der Waals surface area contributed by atoms with E-state index in [1.54, 1.807) is 18.4 Å². The molecule has 1 aromatic heterocycles. The Morgan fingerprint density at radius 2 is 2.21 bits per heavy atom. The van der Waals surface area contributed by atoms with Crippen LogP contribution in [0.25, 0.3) is 11.0 Å². The number of rotatable bonds is 3. The number of ketones is 1. The lowest BCUT2D eigenvalue weighted by Gasteiger charge is -1.97. The van der Waals surface area contributed by atoms with Gasteiger partial charge in [-0.3, -0.25) is 4.79 Å². The predicted octanol–water partition coefficient (Wildman–Crippen LogP) is 3.24. The normalized spacial score (nSPS) is 10.6. The van der Waals surface area contributed by atoms with Gasteiger partial charge in [-0.05, 0) is 12.1 Å². The minimum atomic E-state index is 0.0540. The van der Waals surface area contributed by atoms with Crippen molar-refractivity contribution < 1.29 is 9.21 Å². The summed E-state index contributed by atoms with van der Waals surface area (Å²) in [5, 5.41) is 1.01. The number of fused-ring (bicyclic) bond motifs is 1. The van der Waals surface area contributed by atoms with E-state index in [2.05, 4.69) is 0 Å². The van der Waals surface area contributed by atoms with E-state index in [-0.39, 0.29) is 5.78 Å². The predicted molar refractivity (Wildman–Crippen MR) is 55.9 cm³/mol. The molecule has 0 amide bonds. The number of carbonyl (C=O) groups excluding carboxylic acids is 1. The molecule has 0 aliphatic rings. The Morgan fingerprint density at radius 1 is 1.36 bits per heavy atom. The average molecular weight is 209 g/mol. The molecule has 2 aromatic rings. The Balaban J connectivity index is 2.38. The molecule has 0 radical (unpaired) electrons.